The summed E-state index contributed by atoms with van der Waals surface area (Å²) in [5, 5.41) is 2.80. The van der Waals surface area contributed by atoms with Crippen molar-refractivity contribution in [3.8, 4) is 0 Å². The Balaban J connectivity index is 0.00000176. The minimum Gasteiger partial charge on any atom is -0.350 e. The summed E-state index contributed by atoms with van der Waals surface area (Å²) in [5.41, 5.74) is 8.03. The quantitative estimate of drug-likeness (QED) is 0.734. The number of pyridine rings is 1. The number of amides is 1. The molecule has 2 aliphatic carbocycles. The van der Waals surface area contributed by atoms with Crippen molar-refractivity contribution in [2.75, 3.05) is 6.54 Å². The number of H-pyrrole nitrogens is 1. The van der Waals surface area contributed by atoms with Crippen molar-refractivity contribution in [1.29, 1.82) is 0 Å². The van der Waals surface area contributed by atoms with Crippen molar-refractivity contribution in [2.24, 2.45) is 11.7 Å². The molecule has 6 heteroatoms. The van der Waals surface area contributed by atoms with Gasteiger partial charge in [-0.3, -0.25) is 9.59 Å². The van der Waals surface area contributed by atoms with Gasteiger partial charge in [-0.25, -0.2) is 0 Å². The van der Waals surface area contributed by atoms with E-state index in [1.807, 2.05) is 0 Å². The number of nitrogens with one attached hydrogen (secondary N) is 2. The highest BCUT2D eigenvalue weighted by Gasteiger charge is 2.28. The predicted molar refractivity (Wildman–Crippen MR) is 88.6 cm³/mol. The number of aromatic nitrogens is 1. The summed E-state index contributed by atoms with van der Waals surface area (Å²) in [6, 6.07) is 1.78. The lowest BCUT2D eigenvalue weighted by Crippen LogP contribution is -2.40. The molecule has 5 nitrogen and oxygen atoms in total. The molecule has 122 valence electrons. The van der Waals surface area contributed by atoms with E-state index in [0.29, 0.717) is 12.5 Å². The van der Waals surface area contributed by atoms with E-state index in [-0.39, 0.29) is 35.5 Å². The predicted octanol–water partition coefficient (Wildman–Crippen LogP) is 1.53. The van der Waals surface area contributed by atoms with Crippen LogP contribution >= 0.6 is 12.4 Å². The van der Waals surface area contributed by atoms with Gasteiger partial charge in [-0.2, -0.15) is 0 Å². The van der Waals surface area contributed by atoms with Gasteiger partial charge in [-0.15, -0.1) is 12.4 Å². The number of carbonyl (C=O) groups is 1. The highest BCUT2D eigenvalue weighted by molar-refractivity contribution is 5.94. The Morgan fingerprint density at radius 1 is 1.32 bits per heavy atom. The number of hydrogen-bond donors (Lipinski definition) is 3. The van der Waals surface area contributed by atoms with Crippen LogP contribution < -0.4 is 16.6 Å². The first kappa shape index (κ1) is 17.0. The SMILES string of the molecule is Cl.NC(CNC(=O)c1cc2c([nH]c1=O)CCCCC2)C1CC1. The summed E-state index contributed by atoms with van der Waals surface area (Å²) in [4.78, 5) is 27.2. The van der Waals surface area contributed by atoms with Crippen LogP contribution in [-0.2, 0) is 12.8 Å². The molecule has 0 aliphatic heterocycles. The molecule has 1 amide bonds. The summed E-state index contributed by atoms with van der Waals surface area (Å²) in [5.74, 6) is 0.232. The maximum Gasteiger partial charge on any atom is 0.261 e. The highest BCUT2D eigenvalue weighted by atomic mass is 35.5. The molecule has 1 heterocycles. The molecule has 0 saturated heterocycles. The first-order valence-electron chi connectivity index (χ1n) is 7.94. The summed E-state index contributed by atoms with van der Waals surface area (Å²) in [7, 11) is 0. The molecule has 1 fully saturated rings. The number of hydrogen-bond acceptors (Lipinski definition) is 3. The van der Waals surface area contributed by atoms with Crippen LogP contribution in [0.4, 0.5) is 0 Å². The van der Waals surface area contributed by atoms with Crippen LogP contribution in [0.25, 0.3) is 0 Å². The van der Waals surface area contributed by atoms with Gasteiger partial charge >= 0.3 is 0 Å². The second kappa shape index (κ2) is 7.29. The third-order valence-electron chi connectivity index (χ3n) is 4.56. The molecule has 2 aliphatic rings. The summed E-state index contributed by atoms with van der Waals surface area (Å²) in [6.45, 7) is 0.444. The van der Waals surface area contributed by atoms with E-state index < -0.39 is 0 Å². The molecule has 22 heavy (non-hydrogen) atoms. The fourth-order valence-electron chi connectivity index (χ4n) is 3.02. The Morgan fingerprint density at radius 3 is 2.77 bits per heavy atom. The van der Waals surface area contributed by atoms with Crippen molar-refractivity contribution < 1.29 is 4.79 Å². The zero-order valence-corrected chi connectivity index (χ0v) is 13.5. The van der Waals surface area contributed by atoms with Gasteiger partial charge in [0.05, 0.1) is 0 Å². The van der Waals surface area contributed by atoms with E-state index in [9.17, 15) is 9.59 Å². The Kier molecular flexibility index (Phi) is 5.64. The minimum absolute atomic E-state index is 0. The van der Waals surface area contributed by atoms with Crippen LogP contribution in [0.3, 0.4) is 0 Å². The number of rotatable bonds is 4. The average molecular weight is 326 g/mol. The largest absolute Gasteiger partial charge is 0.350 e. The lowest BCUT2D eigenvalue weighted by Gasteiger charge is -2.12. The second-order valence-corrected chi connectivity index (χ2v) is 6.29. The van der Waals surface area contributed by atoms with Crippen LogP contribution in [-0.4, -0.2) is 23.5 Å². The Labute approximate surface area is 136 Å². The summed E-state index contributed by atoms with van der Waals surface area (Å²) in [6.07, 6.45) is 7.53. The lowest BCUT2D eigenvalue weighted by atomic mass is 10.1. The molecular weight excluding hydrogens is 302 g/mol. The molecule has 0 bridgehead atoms. The van der Waals surface area contributed by atoms with E-state index >= 15 is 0 Å². The van der Waals surface area contributed by atoms with Gasteiger partial charge in [-0.1, -0.05) is 6.42 Å². The van der Waals surface area contributed by atoms with Crippen LogP contribution in [0, 0.1) is 5.92 Å². The number of carbonyl (C=O) groups excluding carboxylic acids is 1. The molecule has 1 atom stereocenters. The zero-order chi connectivity index (χ0) is 14.8. The van der Waals surface area contributed by atoms with Crippen LogP contribution in [0.2, 0.25) is 0 Å². The van der Waals surface area contributed by atoms with Crippen molar-refractivity contribution >= 4 is 18.3 Å². The third kappa shape index (κ3) is 3.90. The van der Waals surface area contributed by atoms with Crippen LogP contribution in [0.1, 0.15) is 53.7 Å². The number of fused-ring (bicyclic) bond motifs is 1. The summed E-state index contributed by atoms with van der Waals surface area (Å²) >= 11 is 0. The number of aryl methyl sites for hydroxylation is 2. The molecule has 4 N–H and O–H groups in total. The van der Waals surface area contributed by atoms with Crippen LogP contribution in [0.5, 0.6) is 0 Å². The van der Waals surface area contributed by atoms with Crippen molar-refractivity contribution in [3.05, 3.63) is 33.2 Å². The van der Waals surface area contributed by atoms with E-state index in [1.165, 1.54) is 6.42 Å². The fourth-order valence-corrected chi connectivity index (χ4v) is 3.02. The standard InChI is InChI=1S/C16H23N3O2.ClH/c17-13(10-6-7-10)9-18-15(20)12-8-11-4-2-1-3-5-14(11)19-16(12)21;/h8,10,13H,1-7,9,17H2,(H,18,20)(H,19,21);1H. The zero-order valence-electron chi connectivity index (χ0n) is 12.7. The Morgan fingerprint density at radius 2 is 2.05 bits per heavy atom. The topological polar surface area (TPSA) is 88.0 Å². The van der Waals surface area contributed by atoms with Gasteiger partial charge in [0.2, 0.25) is 0 Å². The Bertz CT molecular complexity index is 596. The maximum absolute atomic E-state index is 12.2. The van der Waals surface area contributed by atoms with Gasteiger partial charge in [0.1, 0.15) is 5.56 Å². The van der Waals surface area contributed by atoms with E-state index in [0.717, 1.165) is 49.8 Å². The number of halogens is 1. The average Bonchev–Trinajstić information content (AvgIpc) is 3.30. The van der Waals surface area contributed by atoms with Gasteiger partial charge < -0.3 is 16.0 Å². The first-order chi connectivity index (χ1) is 10.1. The summed E-state index contributed by atoms with van der Waals surface area (Å²) < 4.78 is 0. The molecule has 1 saturated carbocycles. The molecular formula is C16H24ClN3O2. The minimum atomic E-state index is -0.306. The van der Waals surface area contributed by atoms with Crippen molar-refractivity contribution in [1.82, 2.24) is 10.3 Å². The molecule has 1 unspecified atom stereocenters. The second-order valence-electron chi connectivity index (χ2n) is 6.29. The number of nitrogens with two attached hydrogens (primary N) is 1. The monoisotopic (exact) mass is 325 g/mol. The highest BCUT2D eigenvalue weighted by Crippen LogP contribution is 2.31. The molecule has 0 radical (unpaired) electrons. The lowest BCUT2D eigenvalue weighted by molar-refractivity contribution is 0.0948. The van der Waals surface area contributed by atoms with Gasteiger partial charge in [0.15, 0.2) is 0 Å². The van der Waals surface area contributed by atoms with E-state index in [2.05, 4.69) is 10.3 Å². The van der Waals surface area contributed by atoms with E-state index in [1.54, 1.807) is 6.07 Å². The van der Waals surface area contributed by atoms with E-state index in [4.69, 9.17) is 5.73 Å². The van der Waals surface area contributed by atoms with Crippen molar-refractivity contribution in [3.63, 3.8) is 0 Å². The van der Waals surface area contributed by atoms with Gasteiger partial charge in [-0.05, 0) is 56.1 Å². The van der Waals surface area contributed by atoms with Gasteiger partial charge in [0.25, 0.3) is 11.5 Å². The molecule has 0 spiro atoms. The molecule has 3 rings (SSSR count). The van der Waals surface area contributed by atoms with Crippen LogP contribution in [0.15, 0.2) is 10.9 Å². The maximum atomic E-state index is 12.2. The molecule has 0 aromatic carbocycles. The third-order valence-corrected chi connectivity index (χ3v) is 4.56. The Hall–Kier alpha value is -1.33. The smallest absolute Gasteiger partial charge is 0.261 e. The number of aromatic amines is 1. The normalized spacial score (nSPS) is 18.6. The molecule has 1 aromatic heterocycles. The van der Waals surface area contributed by atoms with Gasteiger partial charge in [0, 0.05) is 18.3 Å². The van der Waals surface area contributed by atoms with Crippen molar-refractivity contribution in [2.45, 2.75) is 51.0 Å². The fraction of sp³-hybridized carbons (Fsp3) is 0.625. The molecule has 1 aromatic rings. The first-order valence-corrected chi connectivity index (χ1v) is 7.94.